The first kappa shape index (κ1) is 18.4. The molecule has 0 aliphatic carbocycles. The molecule has 1 atom stereocenters. The Morgan fingerprint density at radius 3 is 2.88 bits per heavy atom. The van der Waals surface area contributed by atoms with Crippen molar-refractivity contribution in [3.63, 3.8) is 0 Å². The van der Waals surface area contributed by atoms with Crippen LogP contribution in [0.5, 0.6) is 0 Å². The highest BCUT2D eigenvalue weighted by atomic mass is 16.5. The molecule has 1 aromatic carbocycles. The average molecular weight is 345 g/mol. The minimum atomic E-state index is 0.238. The molecule has 0 N–H and O–H groups in total. The molecule has 138 valence electrons. The van der Waals surface area contributed by atoms with E-state index in [0.717, 1.165) is 64.5 Å². The van der Waals surface area contributed by atoms with E-state index in [1.54, 1.807) is 0 Å². The highest BCUT2D eigenvalue weighted by Gasteiger charge is 2.28. The summed E-state index contributed by atoms with van der Waals surface area (Å²) in [6.07, 6.45) is 2.14. The Balaban J connectivity index is 1.53. The van der Waals surface area contributed by atoms with E-state index in [1.165, 1.54) is 5.56 Å². The number of anilines is 1. The second kappa shape index (κ2) is 8.79. The molecule has 0 radical (unpaired) electrons. The van der Waals surface area contributed by atoms with E-state index in [-0.39, 0.29) is 5.91 Å². The molecule has 0 unspecified atom stereocenters. The Morgan fingerprint density at radius 1 is 1.24 bits per heavy atom. The molecule has 25 heavy (non-hydrogen) atoms. The fraction of sp³-hybridized carbons (Fsp3) is 0.650. The summed E-state index contributed by atoms with van der Waals surface area (Å²) in [5, 5.41) is 0. The van der Waals surface area contributed by atoms with Gasteiger partial charge in [-0.05, 0) is 38.3 Å². The quantitative estimate of drug-likeness (QED) is 0.739. The number of hydrogen-bond donors (Lipinski definition) is 0. The summed E-state index contributed by atoms with van der Waals surface area (Å²) in [5.74, 6) is 0.238. The number of para-hydroxylation sites is 1. The fourth-order valence-corrected chi connectivity index (χ4v) is 3.94. The molecule has 0 saturated carbocycles. The molecule has 0 spiro atoms. The normalized spacial score (nSPS) is 22.0. The number of ether oxygens (including phenoxy) is 1. The van der Waals surface area contributed by atoms with Gasteiger partial charge >= 0.3 is 0 Å². The zero-order chi connectivity index (χ0) is 17.6. The molecule has 1 fully saturated rings. The number of hydrogen-bond acceptors (Lipinski definition) is 4. The van der Waals surface area contributed by atoms with Crippen LogP contribution in [0, 0.1) is 0 Å². The maximum Gasteiger partial charge on any atom is 0.241 e. The van der Waals surface area contributed by atoms with Gasteiger partial charge in [-0.25, -0.2) is 0 Å². The fourth-order valence-electron chi connectivity index (χ4n) is 3.94. The number of carbonyl (C=O) groups is 1. The number of fused-ring (bicyclic) bond motifs is 1. The number of amides is 1. The SMILES string of the molecule is CCOCCN1CCN(CC(=O)N2CCCc3ccccc32)C[C@H]1C. The Hall–Kier alpha value is -1.43. The highest BCUT2D eigenvalue weighted by Crippen LogP contribution is 2.26. The van der Waals surface area contributed by atoms with Gasteiger partial charge in [0.1, 0.15) is 0 Å². The maximum absolute atomic E-state index is 12.9. The third-order valence-corrected chi connectivity index (χ3v) is 5.35. The van der Waals surface area contributed by atoms with Gasteiger partial charge in [0.15, 0.2) is 0 Å². The lowest BCUT2D eigenvalue weighted by molar-refractivity contribution is -0.120. The van der Waals surface area contributed by atoms with Crippen molar-refractivity contribution in [3.05, 3.63) is 29.8 Å². The Morgan fingerprint density at radius 2 is 2.08 bits per heavy atom. The lowest BCUT2D eigenvalue weighted by atomic mass is 10.0. The lowest BCUT2D eigenvalue weighted by Crippen LogP contribution is -2.55. The summed E-state index contributed by atoms with van der Waals surface area (Å²) in [4.78, 5) is 19.6. The van der Waals surface area contributed by atoms with E-state index in [0.29, 0.717) is 12.6 Å². The molecule has 2 heterocycles. The van der Waals surface area contributed by atoms with Crippen molar-refractivity contribution in [2.45, 2.75) is 32.7 Å². The first-order valence-electron chi connectivity index (χ1n) is 9.61. The van der Waals surface area contributed by atoms with E-state index >= 15 is 0 Å². The van der Waals surface area contributed by atoms with Crippen molar-refractivity contribution in [2.75, 3.05) is 57.4 Å². The van der Waals surface area contributed by atoms with Crippen LogP contribution in [-0.4, -0.2) is 74.2 Å². The number of piperazine rings is 1. The molecule has 1 saturated heterocycles. The van der Waals surface area contributed by atoms with Crippen molar-refractivity contribution >= 4 is 11.6 Å². The minimum Gasteiger partial charge on any atom is -0.380 e. The van der Waals surface area contributed by atoms with Crippen LogP contribution in [0.1, 0.15) is 25.8 Å². The molecule has 5 nitrogen and oxygen atoms in total. The van der Waals surface area contributed by atoms with Crippen LogP contribution in [0.25, 0.3) is 0 Å². The molecule has 0 aromatic heterocycles. The van der Waals surface area contributed by atoms with E-state index in [9.17, 15) is 4.79 Å². The largest absolute Gasteiger partial charge is 0.380 e. The molecule has 3 rings (SSSR count). The number of rotatable bonds is 6. The predicted octanol–water partition coefficient (Wildman–Crippen LogP) is 2.01. The molecule has 1 amide bonds. The van der Waals surface area contributed by atoms with Gasteiger partial charge in [0.05, 0.1) is 13.2 Å². The highest BCUT2D eigenvalue weighted by molar-refractivity contribution is 5.95. The van der Waals surface area contributed by atoms with Gasteiger partial charge < -0.3 is 9.64 Å². The van der Waals surface area contributed by atoms with Gasteiger partial charge in [-0.15, -0.1) is 0 Å². The van der Waals surface area contributed by atoms with Crippen molar-refractivity contribution in [1.82, 2.24) is 9.80 Å². The average Bonchev–Trinajstić information content (AvgIpc) is 2.63. The van der Waals surface area contributed by atoms with Gasteiger partial charge in [0.25, 0.3) is 0 Å². The second-order valence-electron chi connectivity index (χ2n) is 7.09. The van der Waals surface area contributed by atoms with Crippen molar-refractivity contribution in [1.29, 1.82) is 0 Å². The zero-order valence-electron chi connectivity index (χ0n) is 15.6. The number of benzene rings is 1. The molecule has 0 bridgehead atoms. The van der Waals surface area contributed by atoms with Gasteiger partial charge in [-0.3, -0.25) is 14.6 Å². The third kappa shape index (κ3) is 4.60. The first-order chi connectivity index (χ1) is 12.2. The summed E-state index contributed by atoms with van der Waals surface area (Å²) in [6.45, 7) is 11.1. The van der Waals surface area contributed by atoms with Crippen molar-refractivity contribution in [3.8, 4) is 0 Å². The van der Waals surface area contributed by atoms with Crippen molar-refractivity contribution < 1.29 is 9.53 Å². The maximum atomic E-state index is 12.9. The topological polar surface area (TPSA) is 36.0 Å². The zero-order valence-corrected chi connectivity index (χ0v) is 15.6. The Bertz CT molecular complexity index is 578. The second-order valence-corrected chi connectivity index (χ2v) is 7.09. The van der Waals surface area contributed by atoms with Crippen LogP contribution in [0.3, 0.4) is 0 Å². The van der Waals surface area contributed by atoms with E-state index in [1.807, 2.05) is 17.9 Å². The molecule has 2 aliphatic rings. The number of aryl methyl sites for hydroxylation is 1. The summed E-state index contributed by atoms with van der Waals surface area (Å²) in [5.41, 5.74) is 2.42. The monoisotopic (exact) mass is 345 g/mol. The minimum absolute atomic E-state index is 0.238. The summed E-state index contributed by atoms with van der Waals surface area (Å²) >= 11 is 0. The van der Waals surface area contributed by atoms with Gasteiger partial charge in [0.2, 0.25) is 5.91 Å². The number of nitrogens with zero attached hydrogens (tertiary/aromatic N) is 3. The van der Waals surface area contributed by atoms with E-state index in [4.69, 9.17) is 4.74 Å². The standard InChI is InChI=1S/C20H31N3O2/c1-3-25-14-13-22-12-11-21(15-17(22)2)16-20(24)23-10-6-8-18-7-4-5-9-19(18)23/h4-5,7,9,17H,3,6,8,10-16H2,1-2H3/t17-/m1/s1. The van der Waals surface area contributed by atoms with E-state index in [2.05, 4.69) is 34.9 Å². The molecule has 2 aliphatic heterocycles. The van der Waals surface area contributed by atoms with Gasteiger partial charge in [-0.2, -0.15) is 0 Å². The molecular weight excluding hydrogens is 314 g/mol. The van der Waals surface area contributed by atoms with Gasteiger partial charge in [-0.1, -0.05) is 18.2 Å². The first-order valence-corrected chi connectivity index (χ1v) is 9.61. The van der Waals surface area contributed by atoms with Gasteiger partial charge in [0, 0.05) is 51.1 Å². The van der Waals surface area contributed by atoms with Crippen LogP contribution in [0.2, 0.25) is 0 Å². The lowest BCUT2D eigenvalue weighted by Gasteiger charge is -2.40. The van der Waals surface area contributed by atoms with Crippen LogP contribution < -0.4 is 4.90 Å². The smallest absolute Gasteiger partial charge is 0.241 e. The van der Waals surface area contributed by atoms with E-state index < -0.39 is 0 Å². The number of carbonyl (C=O) groups excluding carboxylic acids is 1. The third-order valence-electron chi connectivity index (χ3n) is 5.35. The molecule has 5 heteroatoms. The van der Waals surface area contributed by atoms with Crippen LogP contribution in [0.4, 0.5) is 5.69 Å². The molecular formula is C20H31N3O2. The van der Waals surface area contributed by atoms with Crippen LogP contribution in [-0.2, 0) is 16.0 Å². The summed E-state index contributed by atoms with van der Waals surface area (Å²) in [7, 11) is 0. The van der Waals surface area contributed by atoms with Crippen molar-refractivity contribution in [2.24, 2.45) is 0 Å². The predicted molar refractivity (Wildman–Crippen MR) is 101 cm³/mol. The van der Waals surface area contributed by atoms with Crippen LogP contribution >= 0.6 is 0 Å². The summed E-state index contributed by atoms with van der Waals surface area (Å²) < 4.78 is 5.47. The Labute approximate surface area is 151 Å². The summed E-state index contributed by atoms with van der Waals surface area (Å²) in [6, 6.07) is 8.80. The van der Waals surface area contributed by atoms with Crippen LogP contribution in [0.15, 0.2) is 24.3 Å². The Kier molecular flexibility index (Phi) is 6.45. The molecule has 1 aromatic rings.